The molecule has 1 aromatic heterocycles. The van der Waals surface area contributed by atoms with Gasteiger partial charge in [-0.15, -0.1) is 0 Å². The van der Waals surface area contributed by atoms with Crippen LogP contribution in [0.5, 0.6) is 11.5 Å². The maximum absolute atomic E-state index is 12.0. The van der Waals surface area contributed by atoms with E-state index < -0.39 is 5.97 Å². The van der Waals surface area contributed by atoms with Crippen LogP contribution < -0.4 is 9.47 Å². The van der Waals surface area contributed by atoms with Gasteiger partial charge in [0.15, 0.2) is 11.5 Å². The van der Waals surface area contributed by atoms with Crippen molar-refractivity contribution in [2.45, 2.75) is 6.61 Å². The summed E-state index contributed by atoms with van der Waals surface area (Å²) in [5.41, 5.74) is 0.912. The number of hydrogen-bond acceptors (Lipinski definition) is 5. The van der Waals surface area contributed by atoms with Gasteiger partial charge in [-0.05, 0) is 29.8 Å². The molecule has 3 rings (SSSR count). The summed E-state index contributed by atoms with van der Waals surface area (Å²) in [5.74, 6) is 0.506. The van der Waals surface area contributed by atoms with Crippen molar-refractivity contribution in [3.8, 4) is 11.5 Å². The van der Waals surface area contributed by atoms with E-state index in [1.807, 2.05) is 0 Å². The summed E-state index contributed by atoms with van der Waals surface area (Å²) < 4.78 is 16.1. The molecular weight excluding hydrogens is 329 g/mol. The van der Waals surface area contributed by atoms with Crippen molar-refractivity contribution in [1.29, 1.82) is 0 Å². The third-order valence-electron chi connectivity index (χ3n) is 3.01. The molecule has 22 heavy (non-hydrogen) atoms. The molecule has 1 aliphatic heterocycles. The largest absolute Gasteiger partial charge is 0.486 e. The monoisotopic (exact) mass is 339 g/mol. The minimum atomic E-state index is -0.552. The molecule has 114 valence electrons. The summed E-state index contributed by atoms with van der Waals surface area (Å²) in [5, 5.41) is 0.523. The first kappa shape index (κ1) is 14.9. The van der Waals surface area contributed by atoms with Crippen LogP contribution in [-0.2, 0) is 11.3 Å². The second kappa shape index (κ2) is 6.42. The van der Waals surface area contributed by atoms with E-state index in [1.165, 1.54) is 6.20 Å². The number of rotatable bonds is 3. The van der Waals surface area contributed by atoms with E-state index in [0.29, 0.717) is 35.3 Å². The number of hydrogen-bond donors (Lipinski definition) is 0. The van der Waals surface area contributed by atoms with E-state index in [2.05, 4.69) is 4.98 Å². The Labute approximate surface area is 136 Å². The van der Waals surface area contributed by atoms with Crippen molar-refractivity contribution in [3.63, 3.8) is 0 Å². The number of fused-ring (bicyclic) bond motifs is 1. The van der Waals surface area contributed by atoms with Gasteiger partial charge in [0.2, 0.25) is 0 Å². The fourth-order valence-electron chi connectivity index (χ4n) is 2.01. The number of halogens is 2. The second-order valence-electron chi connectivity index (χ2n) is 4.52. The Morgan fingerprint density at radius 2 is 2.09 bits per heavy atom. The van der Waals surface area contributed by atoms with E-state index in [9.17, 15) is 4.79 Å². The van der Waals surface area contributed by atoms with Crippen LogP contribution in [0.25, 0.3) is 0 Å². The predicted molar refractivity (Wildman–Crippen MR) is 80.8 cm³/mol. The number of benzene rings is 1. The molecule has 1 aromatic carbocycles. The van der Waals surface area contributed by atoms with Gasteiger partial charge in [-0.2, -0.15) is 0 Å². The first-order valence-electron chi connectivity index (χ1n) is 6.51. The lowest BCUT2D eigenvalue weighted by molar-refractivity contribution is 0.0471. The van der Waals surface area contributed by atoms with Crippen molar-refractivity contribution in [2.75, 3.05) is 13.2 Å². The third-order valence-corrected chi connectivity index (χ3v) is 3.59. The Balaban J connectivity index is 1.73. The zero-order valence-corrected chi connectivity index (χ0v) is 12.9. The second-order valence-corrected chi connectivity index (χ2v) is 5.28. The molecule has 7 heteroatoms. The molecule has 2 heterocycles. The molecule has 5 nitrogen and oxygen atoms in total. The highest BCUT2D eigenvalue weighted by molar-refractivity contribution is 6.32. The highest BCUT2D eigenvalue weighted by Gasteiger charge is 2.18. The average molecular weight is 340 g/mol. The smallest absolute Gasteiger partial charge is 0.341 e. The topological polar surface area (TPSA) is 57.7 Å². The van der Waals surface area contributed by atoms with E-state index in [0.717, 1.165) is 0 Å². The van der Waals surface area contributed by atoms with Crippen LogP contribution in [-0.4, -0.2) is 24.2 Å². The van der Waals surface area contributed by atoms with Crippen LogP contribution in [0, 0.1) is 0 Å². The molecule has 2 aromatic rings. The fourth-order valence-corrected chi connectivity index (χ4v) is 2.50. The summed E-state index contributed by atoms with van der Waals surface area (Å²) in [6.07, 6.45) is 1.50. The Morgan fingerprint density at radius 3 is 2.91 bits per heavy atom. The van der Waals surface area contributed by atoms with Gasteiger partial charge in [0.05, 0.1) is 10.6 Å². The molecule has 0 N–H and O–H groups in total. The van der Waals surface area contributed by atoms with E-state index in [4.69, 9.17) is 37.4 Å². The number of nitrogens with zero attached hydrogens (tertiary/aromatic N) is 1. The van der Waals surface area contributed by atoms with Crippen LogP contribution >= 0.6 is 23.2 Å². The molecule has 0 bridgehead atoms. The Morgan fingerprint density at radius 1 is 1.27 bits per heavy atom. The summed E-state index contributed by atoms with van der Waals surface area (Å²) in [7, 11) is 0. The first-order valence-corrected chi connectivity index (χ1v) is 7.26. The number of ether oxygens (including phenoxy) is 3. The molecule has 0 saturated heterocycles. The number of esters is 1. The molecule has 0 aliphatic carbocycles. The van der Waals surface area contributed by atoms with E-state index in [-0.39, 0.29) is 17.3 Å². The van der Waals surface area contributed by atoms with Gasteiger partial charge < -0.3 is 14.2 Å². The average Bonchev–Trinajstić information content (AvgIpc) is 2.53. The fraction of sp³-hybridized carbons (Fsp3) is 0.200. The number of carbonyl (C=O) groups is 1. The van der Waals surface area contributed by atoms with Gasteiger partial charge in [-0.1, -0.05) is 23.2 Å². The molecule has 0 radical (unpaired) electrons. The standard InChI is InChI=1S/C15H11Cl2NO4/c16-11-6-9(7-12-13(11)21-5-4-20-12)8-22-15(19)10-2-1-3-18-14(10)17/h1-3,6-7H,4-5,8H2. The maximum atomic E-state index is 12.0. The summed E-state index contributed by atoms with van der Waals surface area (Å²) in [4.78, 5) is 15.8. The zero-order chi connectivity index (χ0) is 15.5. The van der Waals surface area contributed by atoms with Crippen LogP contribution in [0.2, 0.25) is 10.2 Å². The van der Waals surface area contributed by atoms with Crippen LogP contribution in [0.4, 0.5) is 0 Å². The highest BCUT2D eigenvalue weighted by Crippen LogP contribution is 2.38. The summed E-state index contributed by atoms with van der Waals surface area (Å²) in [6.45, 7) is 0.957. The van der Waals surface area contributed by atoms with E-state index in [1.54, 1.807) is 24.3 Å². The molecule has 0 atom stereocenters. The predicted octanol–water partition coefficient (Wildman–Crippen LogP) is 3.52. The number of carbonyl (C=O) groups excluding carboxylic acids is 1. The SMILES string of the molecule is O=C(OCc1cc(Cl)c2c(c1)OCCO2)c1cccnc1Cl. The number of aromatic nitrogens is 1. The van der Waals surface area contributed by atoms with E-state index >= 15 is 0 Å². The van der Waals surface area contributed by atoms with Crippen molar-refractivity contribution in [3.05, 3.63) is 51.8 Å². The lowest BCUT2D eigenvalue weighted by atomic mass is 10.2. The van der Waals surface area contributed by atoms with Crippen LogP contribution in [0.15, 0.2) is 30.5 Å². The minimum absolute atomic E-state index is 0.0421. The van der Waals surface area contributed by atoms with Crippen molar-refractivity contribution < 1.29 is 19.0 Å². The van der Waals surface area contributed by atoms with Crippen LogP contribution in [0.3, 0.4) is 0 Å². The third kappa shape index (κ3) is 3.10. The molecular formula is C15H11Cl2NO4. The molecule has 0 saturated carbocycles. The van der Waals surface area contributed by atoms with Crippen molar-refractivity contribution in [1.82, 2.24) is 4.98 Å². The first-order chi connectivity index (χ1) is 10.6. The summed E-state index contributed by atoms with van der Waals surface area (Å²) >= 11 is 12.0. The van der Waals surface area contributed by atoms with Gasteiger partial charge in [-0.3, -0.25) is 0 Å². The van der Waals surface area contributed by atoms with Gasteiger partial charge in [0.25, 0.3) is 0 Å². The zero-order valence-electron chi connectivity index (χ0n) is 11.3. The van der Waals surface area contributed by atoms with Crippen molar-refractivity contribution in [2.24, 2.45) is 0 Å². The lowest BCUT2D eigenvalue weighted by Crippen LogP contribution is -2.16. The van der Waals surface area contributed by atoms with Gasteiger partial charge in [0, 0.05) is 6.20 Å². The Bertz CT molecular complexity index is 721. The van der Waals surface area contributed by atoms with Crippen LogP contribution in [0.1, 0.15) is 15.9 Å². The van der Waals surface area contributed by atoms with Gasteiger partial charge in [-0.25, -0.2) is 9.78 Å². The summed E-state index contributed by atoms with van der Waals surface area (Å²) in [6, 6.07) is 6.57. The molecule has 1 aliphatic rings. The Kier molecular flexibility index (Phi) is 4.36. The van der Waals surface area contributed by atoms with Crippen molar-refractivity contribution >= 4 is 29.2 Å². The minimum Gasteiger partial charge on any atom is -0.486 e. The lowest BCUT2D eigenvalue weighted by Gasteiger charge is -2.20. The highest BCUT2D eigenvalue weighted by atomic mass is 35.5. The quantitative estimate of drug-likeness (QED) is 0.632. The van der Waals surface area contributed by atoms with Gasteiger partial charge in [0.1, 0.15) is 25.0 Å². The molecule has 0 spiro atoms. The Hall–Kier alpha value is -1.98. The number of pyridine rings is 1. The van der Waals surface area contributed by atoms with Gasteiger partial charge >= 0.3 is 5.97 Å². The molecule has 0 fully saturated rings. The maximum Gasteiger partial charge on any atom is 0.341 e. The molecule has 0 amide bonds. The normalized spacial score (nSPS) is 12.8. The molecule has 0 unspecified atom stereocenters.